The van der Waals surface area contributed by atoms with E-state index < -0.39 is 17.7 Å². The molecule has 1 aliphatic heterocycles. The van der Waals surface area contributed by atoms with Gasteiger partial charge in [0.15, 0.2) is 0 Å². The average Bonchev–Trinajstić information content (AvgIpc) is 2.94. The zero-order valence-corrected chi connectivity index (χ0v) is 15.1. The Hall–Kier alpha value is -3.42. The van der Waals surface area contributed by atoms with E-state index in [0.29, 0.717) is 11.1 Å². The number of benzene rings is 2. The van der Waals surface area contributed by atoms with E-state index in [1.807, 2.05) is 0 Å². The molecule has 0 radical (unpaired) electrons. The van der Waals surface area contributed by atoms with Gasteiger partial charge in [0.05, 0.1) is 23.3 Å². The number of esters is 1. The molecule has 0 spiro atoms. The molecule has 0 N–H and O–H groups in total. The molecule has 2 aromatic carbocycles. The van der Waals surface area contributed by atoms with Gasteiger partial charge in [-0.15, -0.1) is 0 Å². The monoisotopic (exact) mass is 403 g/mol. The Morgan fingerprint density at radius 3 is 2.28 bits per heavy atom. The molecule has 1 aliphatic rings. The van der Waals surface area contributed by atoms with E-state index in [1.54, 1.807) is 24.3 Å². The molecule has 0 aromatic heterocycles. The Morgan fingerprint density at radius 2 is 1.66 bits per heavy atom. The lowest BCUT2D eigenvalue weighted by molar-refractivity contribution is -0.138. The third-order valence-electron chi connectivity index (χ3n) is 4.27. The number of alkyl halides is 3. The molecule has 8 heteroatoms. The number of rotatable bonds is 6. The van der Waals surface area contributed by atoms with E-state index in [9.17, 15) is 27.6 Å². The van der Waals surface area contributed by atoms with Crippen LogP contribution in [0.5, 0.6) is 0 Å². The van der Waals surface area contributed by atoms with Crippen LogP contribution in [0.15, 0.2) is 54.6 Å². The Labute approximate surface area is 164 Å². The zero-order chi connectivity index (χ0) is 21.0. The summed E-state index contributed by atoms with van der Waals surface area (Å²) in [5.41, 5.74) is 0.0915. The zero-order valence-electron chi connectivity index (χ0n) is 15.1. The number of hydrogen-bond acceptors (Lipinski definition) is 4. The minimum absolute atomic E-state index is 0.0425. The van der Waals surface area contributed by atoms with Gasteiger partial charge in [-0.2, -0.15) is 13.2 Å². The molecule has 5 nitrogen and oxygen atoms in total. The van der Waals surface area contributed by atoms with Crippen LogP contribution in [0.1, 0.15) is 38.3 Å². The lowest BCUT2D eigenvalue weighted by Gasteiger charge is -2.13. The topological polar surface area (TPSA) is 63.7 Å². The Morgan fingerprint density at radius 1 is 1.00 bits per heavy atom. The summed E-state index contributed by atoms with van der Waals surface area (Å²) >= 11 is 0. The van der Waals surface area contributed by atoms with E-state index in [1.165, 1.54) is 18.2 Å². The number of carbonyl (C=O) groups is 3. The van der Waals surface area contributed by atoms with Crippen LogP contribution < -0.4 is 0 Å². The van der Waals surface area contributed by atoms with Crippen LogP contribution >= 0.6 is 0 Å². The lowest BCUT2D eigenvalue weighted by Crippen LogP contribution is -2.31. The maximum absolute atomic E-state index is 12.7. The molecule has 29 heavy (non-hydrogen) atoms. The predicted molar refractivity (Wildman–Crippen MR) is 97.9 cm³/mol. The van der Waals surface area contributed by atoms with Crippen molar-refractivity contribution in [1.29, 1.82) is 0 Å². The third-order valence-corrected chi connectivity index (χ3v) is 4.27. The highest BCUT2D eigenvalue weighted by Gasteiger charge is 2.34. The fraction of sp³-hybridized carbons (Fsp3) is 0.190. The van der Waals surface area contributed by atoms with Crippen LogP contribution in [0.25, 0.3) is 6.08 Å². The number of nitrogens with zero attached hydrogens (tertiary/aromatic N) is 1. The fourth-order valence-electron chi connectivity index (χ4n) is 2.87. The van der Waals surface area contributed by atoms with Crippen molar-refractivity contribution in [2.24, 2.45) is 0 Å². The van der Waals surface area contributed by atoms with Crippen LogP contribution in [0, 0.1) is 0 Å². The van der Waals surface area contributed by atoms with Crippen LogP contribution in [0.3, 0.4) is 0 Å². The number of fused-ring (bicyclic) bond motifs is 1. The van der Waals surface area contributed by atoms with Crippen molar-refractivity contribution < 1.29 is 32.3 Å². The van der Waals surface area contributed by atoms with Crippen molar-refractivity contribution in [1.82, 2.24) is 4.90 Å². The van der Waals surface area contributed by atoms with Gasteiger partial charge in [0, 0.05) is 12.6 Å². The van der Waals surface area contributed by atoms with E-state index in [0.717, 1.165) is 23.1 Å². The van der Waals surface area contributed by atoms with E-state index in [-0.39, 0.29) is 37.0 Å². The first-order valence-corrected chi connectivity index (χ1v) is 8.74. The van der Waals surface area contributed by atoms with Gasteiger partial charge in [-0.1, -0.05) is 24.3 Å². The summed E-state index contributed by atoms with van der Waals surface area (Å²) in [4.78, 5) is 37.2. The fourth-order valence-corrected chi connectivity index (χ4v) is 2.87. The predicted octanol–water partition coefficient (Wildman–Crippen LogP) is 3.95. The first kappa shape index (κ1) is 20.3. The van der Waals surface area contributed by atoms with Gasteiger partial charge < -0.3 is 4.74 Å². The molecule has 0 saturated carbocycles. The summed E-state index contributed by atoms with van der Waals surface area (Å²) in [6, 6.07) is 11.0. The Kier molecular flexibility index (Phi) is 5.81. The van der Waals surface area contributed by atoms with Gasteiger partial charge >= 0.3 is 12.1 Å². The molecular formula is C21H16F3NO4. The SMILES string of the molecule is O=C(/C=C/c1cccc(C(F)(F)F)c1)OCCCN1C(=O)c2ccccc2C1=O. The molecule has 3 rings (SSSR count). The molecule has 150 valence electrons. The summed E-state index contributed by atoms with van der Waals surface area (Å²) in [5.74, 6) is -1.51. The number of amides is 2. The van der Waals surface area contributed by atoms with Gasteiger partial charge in [0.2, 0.25) is 0 Å². The number of hydrogen-bond donors (Lipinski definition) is 0. The second kappa shape index (κ2) is 8.30. The molecule has 0 aliphatic carbocycles. The number of halogens is 3. The highest BCUT2D eigenvalue weighted by molar-refractivity contribution is 6.21. The van der Waals surface area contributed by atoms with Crippen molar-refractivity contribution in [3.05, 3.63) is 76.9 Å². The summed E-state index contributed by atoms with van der Waals surface area (Å²) in [6.45, 7) is 0.0517. The maximum Gasteiger partial charge on any atom is 0.416 e. The molecule has 0 saturated heterocycles. The average molecular weight is 403 g/mol. The second-order valence-corrected chi connectivity index (χ2v) is 6.29. The molecule has 2 amide bonds. The highest BCUT2D eigenvalue weighted by atomic mass is 19.4. The highest BCUT2D eigenvalue weighted by Crippen LogP contribution is 2.29. The summed E-state index contributed by atoms with van der Waals surface area (Å²) < 4.78 is 43.0. The first-order valence-electron chi connectivity index (χ1n) is 8.74. The van der Waals surface area contributed by atoms with E-state index in [4.69, 9.17) is 4.74 Å². The van der Waals surface area contributed by atoms with Gasteiger partial charge in [-0.05, 0) is 42.3 Å². The molecule has 0 bridgehead atoms. The number of imide groups is 1. The molecule has 0 fully saturated rings. The summed E-state index contributed by atoms with van der Waals surface area (Å²) in [6.07, 6.45) is -1.97. The Bertz CT molecular complexity index is 947. The quantitative estimate of drug-likeness (QED) is 0.317. The molecule has 0 unspecified atom stereocenters. The van der Waals surface area contributed by atoms with Gasteiger partial charge in [-0.3, -0.25) is 14.5 Å². The Balaban J connectivity index is 1.47. The van der Waals surface area contributed by atoms with Crippen LogP contribution in [-0.4, -0.2) is 35.8 Å². The van der Waals surface area contributed by atoms with E-state index in [2.05, 4.69) is 0 Å². The summed E-state index contributed by atoms with van der Waals surface area (Å²) in [7, 11) is 0. The van der Waals surface area contributed by atoms with Crippen LogP contribution in [-0.2, 0) is 15.7 Å². The molecule has 1 heterocycles. The van der Waals surface area contributed by atoms with Gasteiger partial charge in [0.25, 0.3) is 11.8 Å². The van der Waals surface area contributed by atoms with Crippen molar-refractivity contribution >= 4 is 23.9 Å². The second-order valence-electron chi connectivity index (χ2n) is 6.29. The molecule has 2 aromatic rings. The van der Waals surface area contributed by atoms with Gasteiger partial charge in [0.1, 0.15) is 0 Å². The molecular weight excluding hydrogens is 387 g/mol. The van der Waals surface area contributed by atoms with Gasteiger partial charge in [-0.25, -0.2) is 4.79 Å². The van der Waals surface area contributed by atoms with Crippen molar-refractivity contribution in [2.45, 2.75) is 12.6 Å². The van der Waals surface area contributed by atoms with Crippen LogP contribution in [0.4, 0.5) is 13.2 Å². The molecule has 0 atom stereocenters. The number of ether oxygens (including phenoxy) is 1. The minimum Gasteiger partial charge on any atom is -0.462 e. The smallest absolute Gasteiger partial charge is 0.416 e. The summed E-state index contributed by atoms with van der Waals surface area (Å²) in [5, 5.41) is 0. The van der Waals surface area contributed by atoms with Crippen molar-refractivity contribution in [2.75, 3.05) is 13.2 Å². The number of carbonyl (C=O) groups excluding carboxylic acids is 3. The third kappa shape index (κ3) is 4.71. The van der Waals surface area contributed by atoms with E-state index >= 15 is 0 Å². The first-order chi connectivity index (χ1) is 13.8. The maximum atomic E-state index is 12.7. The standard InChI is InChI=1S/C21H16F3NO4/c22-21(23,24)15-6-3-5-14(13-15)9-10-18(26)29-12-4-11-25-19(27)16-7-1-2-8-17(16)20(25)28/h1-3,5-10,13H,4,11-12H2/b10-9+. The lowest BCUT2D eigenvalue weighted by atomic mass is 10.1. The van der Waals surface area contributed by atoms with Crippen molar-refractivity contribution in [3.8, 4) is 0 Å². The van der Waals surface area contributed by atoms with Crippen molar-refractivity contribution in [3.63, 3.8) is 0 Å². The largest absolute Gasteiger partial charge is 0.462 e. The normalized spacial score (nSPS) is 13.8. The minimum atomic E-state index is -4.46. The van der Waals surface area contributed by atoms with Crippen LogP contribution in [0.2, 0.25) is 0 Å².